The van der Waals surface area contributed by atoms with E-state index in [-0.39, 0.29) is 5.69 Å². The van der Waals surface area contributed by atoms with Crippen molar-refractivity contribution < 1.29 is 0 Å². The van der Waals surface area contributed by atoms with Crippen LogP contribution in [0.15, 0.2) is 29.1 Å². The third kappa shape index (κ3) is 2.67. The molecule has 5 nitrogen and oxygen atoms in total. The molecule has 0 saturated carbocycles. The monoisotopic (exact) mass is 260 g/mol. The number of hydrogen-bond acceptors (Lipinski definition) is 4. The zero-order valence-corrected chi connectivity index (χ0v) is 10.2. The molecule has 90 valence electrons. The molecule has 18 heavy (non-hydrogen) atoms. The quantitative estimate of drug-likeness (QED) is 0.868. The number of nitrogens with zero attached hydrogens (tertiary/aromatic N) is 2. The van der Waals surface area contributed by atoms with Gasteiger partial charge in [-0.05, 0) is 24.6 Å². The lowest BCUT2D eigenvalue weighted by Crippen LogP contribution is -2.13. The van der Waals surface area contributed by atoms with Gasteiger partial charge in [0, 0.05) is 16.8 Å². The van der Waals surface area contributed by atoms with E-state index in [1.54, 1.807) is 12.1 Å². The topological polar surface area (TPSA) is 81.6 Å². The van der Waals surface area contributed by atoms with Crippen molar-refractivity contribution in [3.63, 3.8) is 0 Å². The van der Waals surface area contributed by atoms with Gasteiger partial charge in [-0.15, -0.1) is 0 Å². The van der Waals surface area contributed by atoms with Crippen LogP contribution in [0.1, 0.15) is 11.3 Å². The molecule has 0 aliphatic heterocycles. The van der Waals surface area contributed by atoms with E-state index in [1.807, 2.05) is 19.1 Å². The third-order valence-corrected chi connectivity index (χ3v) is 2.56. The molecule has 0 spiro atoms. The molecule has 1 aromatic heterocycles. The highest BCUT2D eigenvalue weighted by Gasteiger charge is 2.04. The number of hydrogen-bond donors (Lipinski definition) is 2. The van der Waals surface area contributed by atoms with E-state index in [1.165, 1.54) is 6.07 Å². The zero-order valence-electron chi connectivity index (χ0n) is 9.49. The first-order chi connectivity index (χ1) is 8.58. The molecule has 0 amide bonds. The van der Waals surface area contributed by atoms with E-state index in [4.69, 9.17) is 16.9 Å². The molecule has 6 heteroatoms. The zero-order chi connectivity index (χ0) is 13.1. The Hall–Kier alpha value is -2.32. The number of anilines is 2. The molecule has 0 unspecified atom stereocenters. The molecule has 0 fully saturated rings. The second kappa shape index (κ2) is 4.90. The summed E-state index contributed by atoms with van der Waals surface area (Å²) in [6.07, 6.45) is 0. The van der Waals surface area contributed by atoms with E-state index in [0.29, 0.717) is 10.8 Å². The summed E-state index contributed by atoms with van der Waals surface area (Å²) < 4.78 is 0. The highest BCUT2D eigenvalue weighted by Crippen LogP contribution is 2.22. The maximum absolute atomic E-state index is 11.2. The molecule has 1 aromatic carbocycles. The molecule has 0 bridgehead atoms. The molecule has 0 aliphatic rings. The molecule has 0 atom stereocenters. The summed E-state index contributed by atoms with van der Waals surface area (Å²) in [6.45, 7) is 1.90. The van der Waals surface area contributed by atoms with Crippen LogP contribution in [0.4, 0.5) is 11.5 Å². The van der Waals surface area contributed by atoms with Crippen LogP contribution in [0.3, 0.4) is 0 Å². The van der Waals surface area contributed by atoms with Gasteiger partial charge in [-0.3, -0.25) is 4.98 Å². The van der Waals surface area contributed by atoms with Crippen LogP contribution in [0, 0.1) is 18.3 Å². The SMILES string of the molecule is Cc1ccc(Cl)cc1Nc1cc(C#N)[nH]c(=O)n1. The van der Waals surface area contributed by atoms with Gasteiger partial charge in [0.25, 0.3) is 0 Å². The smallest absolute Gasteiger partial charge is 0.340 e. The normalized spacial score (nSPS) is 9.83. The predicted molar refractivity (Wildman–Crippen MR) is 69.0 cm³/mol. The maximum Gasteiger partial charge on any atom is 0.347 e. The minimum absolute atomic E-state index is 0.150. The minimum Gasteiger partial charge on any atom is -0.340 e. The average molecular weight is 261 g/mol. The van der Waals surface area contributed by atoms with Crippen molar-refractivity contribution in [3.05, 3.63) is 51.0 Å². The summed E-state index contributed by atoms with van der Waals surface area (Å²) in [6, 6.07) is 8.67. The Labute approximate surface area is 108 Å². The number of benzene rings is 1. The fourth-order valence-corrected chi connectivity index (χ4v) is 1.62. The van der Waals surface area contributed by atoms with Gasteiger partial charge in [0.05, 0.1) is 0 Å². The fourth-order valence-electron chi connectivity index (χ4n) is 1.45. The number of aromatic amines is 1. The van der Waals surface area contributed by atoms with Crippen molar-refractivity contribution in [1.29, 1.82) is 5.26 Å². The van der Waals surface area contributed by atoms with Crippen molar-refractivity contribution in [2.75, 3.05) is 5.32 Å². The Kier molecular flexibility index (Phi) is 3.31. The summed E-state index contributed by atoms with van der Waals surface area (Å²) in [4.78, 5) is 17.3. The number of halogens is 1. The van der Waals surface area contributed by atoms with Crippen LogP contribution in [-0.2, 0) is 0 Å². The summed E-state index contributed by atoms with van der Waals surface area (Å²) in [7, 11) is 0. The van der Waals surface area contributed by atoms with Crippen molar-refractivity contribution in [2.45, 2.75) is 6.92 Å². The van der Waals surface area contributed by atoms with E-state index < -0.39 is 5.69 Å². The largest absolute Gasteiger partial charge is 0.347 e. The van der Waals surface area contributed by atoms with E-state index >= 15 is 0 Å². The summed E-state index contributed by atoms with van der Waals surface area (Å²) >= 11 is 5.89. The number of nitriles is 1. The number of aryl methyl sites for hydroxylation is 1. The Morgan fingerprint density at radius 1 is 1.44 bits per heavy atom. The first kappa shape index (κ1) is 12.1. The molecule has 2 aromatic rings. The van der Waals surface area contributed by atoms with Gasteiger partial charge >= 0.3 is 5.69 Å². The van der Waals surface area contributed by atoms with Crippen molar-refractivity contribution in [3.8, 4) is 6.07 Å². The van der Waals surface area contributed by atoms with E-state index in [0.717, 1.165) is 11.3 Å². The number of nitrogens with one attached hydrogen (secondary N) is 2. The Bertz CT molecular complexity index is 687. The van der Waals surface area contributed by atoms with E-state index in [9.17, 15) is 4.79 Å². The molecular formula is C12H9ClN4O. The Morgan fingerprint density at radius 3 is 2.94 bits per heavy atom. The summed E-state index contributed by atoms with van der Waals surface area (Å²) in [5.41, 5.74) is 1.28. The minimum atomic E-state index is -0.573. The molecule has 0 radical (unpaired) electrons. The third-order valence-electron chi connectivity index (χ3n) is 2.33. The number of aromatic nitrogens is 2. The van der Waals surface area contributed by atoms with Crippen molar-refractivity contribution in [2.24, 2.45) is 0 Å². The van der Waals surface area contributed by atoms with Crippen LogP contribution < -0.4 is 11.0 Å². The molecular weight excluding hydrogens is 252 g/mol. The molecule has 0 aliphatic carbocycles. The lowest BCUT2D eigenvalue weighted by atomic mass is 10.2. The summed E-state index contributed by atoms with van der Waals surface area (Å²) in [5.74, 6) is 0.306. The van der Waals surface area contributed by atoms with Crippen LogP contribution in [0.25, 0.3) is 0 Å². The second-order valence-corrected chi connectivity index (χ2v) is 4.12. The van der Waals surface area contributed by atoms with Crippen LogP contribution >= 0.6 is 11.6 Å². The molecule has 2 rings (SSSR count). The number of rotatable bonds is 2. The average Bonchev–Trinajstić information content (AvgIpc) is 2.33. The van der Waals surface area contributed by atoms with Gasteiger partial charge in [0.2, 0.25) is 0 Å². The van der Waals surface area contributed by atoms with Crippen LogP contribution in [-0.4, -0.2) is 9.97 Å². The van der Waals surface area contributed by atoms with Gasteiger partial charge in [-0.2, -0.15) is 10.2 Å². The second-order valence-electron chi connectivity index (χ2n) is 3.68. The molecule has 0 saturated heterocycles. The van der Waals surface area contributed by atoms with Gasteiger partial charge in [0.15, 0.2) is 0 Å². The lowest BCUT2D eigenvalue weighted by molar-refractivity contribution is 1.06. The summed E-state index contributed by atoms with van der Waals surface area (Å²) in [5, 5.41) is 12.3. The molecule has 1 heterocycles. The lowest BCUT2D eigenvalue weighted by Gasteiger charge is -2.08. The fraction of sp³-hybridized carbons (Fsp3) is 0.0833. The van der Waals surface area contributed by atoms with Gasteiger partial charge in [-0.1, -0.05) is 17.7 Å². The van der Waals surface area contributed by atoms with Crippen LogP contribution in [0.2, 0.25) is 5.02 Å². The highest BCUT2D eigenvalue weighted by molar-refractivity contribution is 6.30. The standard InChI is InChI=1S/C12H9ClN4O/c1-7-2-3-8(13)4-10(7)16-11-5-9(6-14)15-12(18)17-11/h2-5H,1H3,(H2,15,16,17,18). The van der Waals surface area contributed by atoms with Crippen LogP contribution in [0.5, 0.6) is 0 Å². The first-order valence-corrected chi connectivity index (χ1v) is 5.51. The first-order valence-electron chi connectivity index (χ1n) is 5.13. The van der Waals surface area contributed by atoms with Crippen molar-refractivity contribution in [1.82, 2.24) is 9.97 Å². The maximum atomic E-state index is 11.2. The van der Waals surface area contributed by atoms with Crippen molar-refractivity contribution >= 4 is 23.1 Å². The van der Waals surface area contributed by atoms with Gasteiger partial charge < -0.3 is 5.32 Å². The predicted octanol–water partition coefficient (Wildman–Crippen LogP) is 2.35. The van der Waals surface area contributed by atoms with E-state index in [2.05, 4.69) is 15.3 Å². The Balaban J connectivity index is 2.40. The highest BCUT2D eigenvalue weighted by atomic mass is 35.5. The molecule has 2 N–H and O–H groups in total. The van der Waals surface area contributed by atoms with Gasteiger partial charge in [-0.25, -0.2) is 4.79 Å². The van der Waals surface area contributed by atoms with Gasteiger partial charge in [0.1, 0.15) is 17.6 Å². The Morgan fingerprint density at radius 2 is 2.22 bits per heavy atom. The number of H-pyrrole nitrogens is 1.